The molecule has 1 aromatic rings. The first-order valence-electron chi connectivity index (χ1n) is 5.72. The minimum atomic E-state index is 0.122. The molecule has 1 aliphatic rings. The van der Waals surface area contributed by atoms with Gasteiger partial charge in [-0.15, -0.1) is 0 Å². The molecule has 0 aromatic heterocycles. The minimum Gasteiger partial charge on any atom is -0.328 e. The van der Waals surface area contributed by atoms with Gasteiger partial charge >= 0.3 is 0 Å². The van der Waals surface area contributed by atoms with Gasteiger partial charge in [-0.3, -0.25) is 4.79 Å². The van der Waals surface area contributed by atoms with Crippen LogP contribution in [0.15, 0.2) is 18.2 Å². The van der Waals surface area contributed by atoms with Crippen LogP contribution < -0.4 is 10.6 Å². The molecule has 0 radical (unpaired) electrons. The molecule has 1 unspecified atom stereocenters. The highest BCUT2D eigenvalue weighted by molar-refractivity contribution is 5.96. The van der Waals surface area contributed by atoms with Crippen LogP contribution in [0.3, 0.4) is 0 Å². The Kier molecular flexibility index (Phi) is 2.97. The zero-order valence-electron chi connectivity index (χ0n) is 9.86. The van der Waals surface area contributed by atoms with Gasteiger partial charge in [0.1, 0.15) is 0 Å². The van der Waals surface area contributed by atoms with Gasteiger partial charge in [0.2, 0.25) is 5.91 Å². The summed E-state index contributed by atoms with van der Waals surface area (Å²) >= 11 is 0. The van der Waals surface area contributed by atoms with Crippen LogP contribution in [0.1, 0.15) is 24.5 Å². The Morgan fingerprint density at radius 2 is 2.19 bits per heavy atom. The van der Waals surface area contributed by atoms with Crippen molar-refractivity contribution in [3.05, 3.63) is 29.3 Å². The smallest absolute Gasteiger partial charge is 0.227 e. The van der Waals surface area contributed by atoms with Crippen LogP contribution in [-0.2, 0) is 17.6 Å². The van der Waals surface area contributed by atoms with Crippen molar-refractivity contribution in [3.8, 4) is 0 Å². The molecule has 0 bridgehead atoms. The molecule has 0 saturated heterocycles. The first-order chi connectivity index (χ1) is 7.59. The SMILES string of the molecule is CC(N)Cc1cccc2c1N(C)C(=O)CC2. The Morgan fingerprint density at radius 3 is 2.88 bits per heavy atom. The first-order valence-corrected chi connectivity index (χ1v) is 5.72. The lowest BCUT2D eigenvalue weighted by molar-refractivity contribution is -0.118. The van der Waals surface area contributed by atoms with E-state index in [2.05, 4.69) is 18.2 Å². The molecule has 0 spiro atoms. The number of carbonyl (C=O) groups is 1. The third kappa shape index (κ3) is 1.95. The summed E-state index contributed by atoms with van der Waals surface area (Å²) in [6.45, 7) is 1.99. The van der Waals surface area contributed by atoms with Crippen LogP contribution in [0.5, 0.6) is 0 Å². The van der Waals surface area contributed by atoms with Gasteiger partial charge in [0.25, 0.3) is 0 Å². The Balaban J connectivity index is 2.44. The summed E-state index contributed by atoms with van der Waals surface area (Å²) in [5.74, 6) is 0.199. The maximum Gasteiger partial charge on any atom is 0.227 e. The summed E-state index contributed by atoms with van der Waals surface area (Å²) in [6.07, 6.45) is 2.29. The van der Waals surface area contributed by atoms with Crippen molar-refractivity contribution in [2.45, 2.75) is 32.2 Å². The van der Waals surface area contributed by atoms with Crippen molar-refractivity contribution in [2.75, 3.05) is 11.9 Å². The summed E-state index contributed by atoms with van der Waals surface area (Å²) in [5.41, 5.74) is 9.36. The number of aryl methyl sites for hydroxylation is 1. The third-order valence-electron chi connectivity index (χ3n) is 3.06. The fourth-order valence-electron chi connectivity index (χ4n) is 2.32. The van der Waals surface area contributed by atoms with E-state index in [-0.39, 0.29) is 11.9 Å². The number of benzene rings is 1. The second-order valence-electron chi connectivity index (χ2n) is 4.56. The highest BCUT2D eigenvalue weighted by atomic mass is 16.2. The van der Waals surface area contributed by atoms with Gasteiger partial charge < -0.3 is 10.6 Å². The molecule has 2 rings (SSSR count). The van der Waals surface area contributed by atoms with E-state index in [1.165, 1.54) is 11.1 Å². The molecule has 0 aliphatic carbocycles. The van der Waals surface area contributed by atoms with Gasteiger partial charge in [-0.1, -0.05) is 18.2 Å². The van der Waals surface area contributed by atoms with E-state index < -0.39 is 0 Å². The molecule has 1 atom stereocenters. The van der Waals surface area contributed by atoms with E-state index in [1.54, 1.807) is 4.90 Å². The number of nitrogens with zero attached hydrogens (tertiary/aromatic N) is 1. The van der Waals surface area contributed by atoms with E-state index in [0.717, 1.165) is 18.5 Å². The summed E-state index contributed by atoms with van der Waals surface area (Å²) in [7, 11) is 1.85. The van der Waals surface area contributed by atoms with Crippen LogP contribution in [0.2, 0.25) is 0 Å². The van der Waals surface area contributed by atoms with Crippen molar-refractivity contribution in [1.29, 1.82) is 0 Å². The Bertz CT molecular complexity index is 412. The number of anilines is 1. The average Bonchev–Trinajstić information content (AvgIpc) is 2.23. The molecule has 3 heteroatoms. The van der Waals surface area contributed by atoms with Crippen molar-refractivity contribution in [2.24, 2.45) is 5.73 Å². The number of carbonyl (C=O) groups excluding carboxylic acids is 1. The van der Waals surface area contributed by atoms with E-state index in [0.29, 0.717) is 6.42 Å². The van der Waals surface area contributed by atoms with E-state index >= 15 is 0 Å². The quantitative estimate of drug-likeness (QED) is 0.817. The van der Waals surface area contributed by atoms with Gasteiger partial charge in [-0.25, -0.2) is 0 Å². The number of para-hydroxylation sites is 1. The maximum atomic E-state index is 11.7. The monoisotopic (exact) mass is 218 g/mol. The fraction of sp³-hybridized carbons (Fsp3) is 0.462. The molecule has 86 valence electrons. The lowest BCUT2D eigenvalue weighted by Gasteiger charge is -2.28. The van der Waals surface area contributed by atoms with Crippen molar-refractivity contribution >= 4 is 11.6 Å². The zero-order valence-corrected chi connectivity index (χ0v) is 9.86. The summed E-state index contributed by atoms with van der Waals surface area (Å²) in [5, 5.41) is 0. The van der Waals surface area contributed by atoms with Crippen LogP contribution >= 0.6 is 0 Å². The third-order valence-corrected chi connectivity index (χ3v) is 3.06. The summed E-state index contributed by atoms with van der Waals surface area (Å²) < 4.78 is 0. The Labute approximate surface area is 96.2 Å². The molecular formula is C13H18N2O. The minimum absolute atomic E-state index is 0.122. The molecule has 2 N–H and O–H groups in total. The van der Waals surface area contributed by atoms with Crippen molar-refractivity contribution in [1.82, 2.24) is 0 Å². The molecule has 0 saturated carbocycles. The number of fused-ring (bicyclic) bond motifs is 1. The van der Waals surface area contributed by atoms with Crippen LogP contribution in [0.25, 0.3) is 0 Å². The standard InChI is InChI=1S/C13H18N2O/c1-9(14)8-11-5-3-4-10-6-7-12(16)15(2)13(10)11/h3-5,9H,6-8,14H2,1-2H3. The molecule has 16 heavy (non-hydrogen) atoms. The zero-order chi connectivity index (χ0) is 11.7. The van der Waals surface area contributed by atoms with E-state index in [9.17, 15) is 4.79 Å². The number of hydrogen-bond donors (Lipinski definition) is 1. The molecule has 3 nitrogen and oxygen atoms in total. The second kappa shape index (κ2) is 4.26. The lowest BCUT2D eigenvalue weighted by Crippen LogP contribution is -2.33. The number of amides is 1. The van der Waals surface area contributed by atoms with E-state index in [4.69, 9.17) is 5.73 Å². The fourth-order valence-corrected chi connectivity index (χ4v) is 2.32. The van der Waals surface area contributed by atoms with Crippen LogP contribution in [0, 0.1) is 0 Å². The second-order valence-corrected chi connectivity index (χ2v) is 4.56. The first kappa shape index (κ1) is 11.1. The topological polar surface area (TPSA) is 46.3 Å². The molecule has 1 aliphatic heterocycles. The lowest BCUT2D eigenvalue weighted by atomic mass is 9.95. The van der Waals surface area contributed by atoms with Gasteiger partial charge in [-0.05, 0) is 30.9 Å². The highest BCUT2D eigenvalue weighted by Crippen LogP contribution is 2.31. The van der Waals surface area contributed by atoms with Crippen molar-refractivity contribution in [3.63, 3.8) is 0 Å². The van der Waals surface area contributed by atoms with E-state index in [1.807, 2.05) is 14.0 Å². The van der Waals surface area contributed by atoms with Crippen molar-refractivity contribution < 1.29 is 4.79 Å². The predicted octanol–water partition coefficient (Wildman–Crippen LogP) is 1.49. The molecule has 1 aromatic carbocycles. The largest absolute Gasteiger partial charge is 0.328 e. The Hall–Kier alpha value is -1.35. The number of rotatable bonds is 2. The maximum absolute atomic E-state index is 11.7. The van der Waals surface area contributed by atoms with Gasteiger partial charge in [0, 0.05) is 25.2 Å². The summed E-state index contributed by atoms with van der Waals surface area (Å²) in [4.78, 5) is 13.5. The number of nitrogens with two attached hydrogens (primary N) is 1. The van der Waals surface area contributed by atoms with Crippen LogP contribution in [-0.4, -0.2) is 19.0 Å². The summed E-state index contributed by atoms with van der Waals surface area (Å²) in [6, 6.07) is 6.34. The van der Waals surface area contributed by atoms with Gasteiger partial charge in [0.15, 0.2) is 0 Å². The predicted molar refractivity (Wildman–Crippen MR) is 65.5 cm³/mol. The normalized spacial score (nSPS) is 17.2. The van der Waals surface area contributed by atoms with Gasteiger partial charge in [0.05, 0.1) is 0 Å². The number of hydrogen-bond acceptors (Lipinski definition) is 2. The van der Waals surface area contributed by atoms with Gasteiger partial charge in [-0.2, -0.15) is 0 Å². The molecule has 0 fully saturated rings. The highest BCUT2D eigenvalue weighted by Gasteiger charge is 2.23. The van der Waals surface area contributed by atoms with Crippen LogP contribution in [0.4, 0.5) is 5.69 Å². The average molecular weight is 218 g/mol. The molecular weight excluding hydrogens is 200 g/mol. The molecule has 1 heterocycles. The molecule has 1 amide bonds. The Morgan fingerprint density at radius 1 is 1.44 bits per heavy atom.